The number of furan rings is 1. The minimum atomic E-state index is -1.65. The van der Waals surface area contributed by atoms with Crippen LogP contribution < -0.4 is 41.4 Å². The summed E-state index contributed by atoms with van der Waals surface area (Å²) < 4.78 is 17.4. The van der Waals surface area contributed by atoms with Crippen molar-refractivity contribution in [2.75, 3.05) is 40.4 Å². The lowest BCUT2D eigenvalue weighted by Crippen LogP contribution is -2.55. The third-order valence-electron chi connectivity index (χ3n) is 16.2. The average molecular weight is 1180 g/mol. The van der Waals surface area contributed by atoms with Crippen LogP contribution in [0.4, 0.5) is 9.59 Å². The number of hydrogen-bond acceptors (Lipinski definition) is 14. The molecule has 4 atom stereocenters. The molecule has 2 aliphatic carbocycles. The number of aryl methyl sites for hydroxylation is 1. The Balaban J connectivity index is 0.000000139. The predicted molar refractivity (Wildman–Crippen MR) is 284 cm³/mol. The number of fused-ring (bicyclic) bond motifs is 8. The van der Waals surface area contributed by atoms with Gasteiger partial charge in [0.05, 0.1) is 37.2 Å². The molecular formula is C56H49IN8O14. The molecule has 6 aliphatic heterocycles. The van der Waals surface area contributed by atoms with Crippen LogP contribution in [0.25, 0.3) is 11.0 Å². The molecule has 4 aromatic carbocycles. The standard InChI is InChI=1S/C27H23N5O7.C17H16N2O4.C12H10INO3/c1-38-14-2-3-15-13(10-14)7-9-32(21(15)33)12-27(23(35)29-25(37)31-27)20-11-17-16-6-8-26(22(34)28-24(36)30-26)18(16)4-5-19(17)39-20;1-3-17(9-14(20)18-16(17)22)10-19-7-6-11-8-12(23-2)4-5-13(11)15(19)21;13-11-6-3-4-12(7(6)1-2-8(11)15)9(16)5-10(17)14-12/h2-5,10-11H,6-9,12H2,1H3,(H2,28,30,34,36)(H2,29,31,35,37);1,4-5,8H,6-7,9-10H2,2H3,(H,18,20,22);1-2,15H,3-5H2,(H,14,17)/t26?,27-;17-;/m01./s1. The molecule has 22 nitrogen and oxygen atoms in total. The fourth-order valence-electron chi connectivity index (χ4n) is 12.1. The van der Waals surface area contributed by atoms with Gasteiger partial charge in [-0.05, 0) is 149 Å². The summed E-state index contributed by atoms with van der Waals surface area (Å²) in [4.78, 5) is 126. The second-order valence-corrected chi connectivity index (χ2v) is 21.6. The number of carbonyl (C=O) groups is 10. The fraction of sp³-hybridized carbons (Fsp3) is 0.321. The molecule has 5 aromatic rings. The number of urea groups is 2. The number of rotatable bonds is 7. The number of nitrogens with zero attached hydrogens (tertiary/aromatic N) is 2. The van der Waals surface area contributed by atoms with E-state index in [0.29, 0.717) is 90.8 Å². The van der Waals surface area contributed by atoms with Gasteiger partial charge in [-0.2, -0.15) is 0 Å². The SMILES string of the molecule is C#C[C@]1(CN2CCc3cc(OC)ccc3C2=O)CC(=O)NC1=O.COc1ccc2c(c1)CCN(C[C@@]1(c3cc4c5c(ccc4o3)C3(CC5)NC(=O)NC3=O)NC(=O)NC1=O)C2=O.O=C1CC(=O)C2(CCc3c2ccc(O)c3I)N1. The summed E-state index contributed by atoms with van der Waals surface area (Å²) in [7, 11) is 3.13. The summed E-state index contributed by atoms with van der Waals surface area (Å²) in [6, 6.07) is 17.7. The maximum absolute atomic E-state index is 13.4. The maximum atomic E-state index is 13.4. The lowest BCUT2D eigenvalue weighted by molar-refractivity contribution is -0.128. The first-order valence-corrected chi connectivity index (χ1v) is 26.3. The summed E-state index contributed by atoms with van der Waals surface area (Å²) >= 11 is 2.08. The van der Waals surface area contributed by atoms with Gasteiger partial charge in [-0.25, -0.2) is 9.59 Å². The molecular weight excluding hydrogens is 1140 g/mol. The zero-order chi connectivity index (χ0) is 55.9. The number of ketones is 1. The van der Waals surface area contributed by atoms with Gasteiger partial charge in [0.25, 0.3) is 23.6 Å². The van der Waals surface area contributed by atoms with Crippen LogP contribution in [-0.2, 0) is 71.1 Å². The van der Waals surface area contributed by atoms with E-state index in [9.17, 15) is 53.1 Å². The topological polar surface area (TPSA) is 301 Å². The minimum Gasteiger partial charge on any atom is -0.507 e. The monoisotopic (exact) mass is 1180 g/mol. The molecule has 4 fully saturated rings. The molecule has 13 rings (SSSR count). The first-order valence-electron chi connectivity index (χ1n) is 25.2. The molecule has 11 amide bonds. The molecule has 0 saturated carbocycles. The van der Waals surface area contributed by atoms with Crippen LogP contribution in [0.5, 0.6) is 17.2 Å². The van der Waals surface area contributed by atoms with E-state index in [1.54, 1.807) is 73.7 Å². The van der Waals surface area contributed by atoms with Crippen LogP contribution in [0.15, 0.2) is 71.1 Å². The number of Topliss-reactive ketones (excluding diaryl/α,β-unsaturated/α-hetero) is 1. The second-order valence-electron chi connectivity index (χ2n) is 20.5. The van der Waals surface area contributed by atoms with Crippen molar-refractivity contribution in [2.45, 2.75) is 68.0 Å². The van der Waals surface area contributed by atoms with Crippen LogP contribution in [0, 0.1) is 21.3 Å². The molecule has 2 spiro atoms. The van der Waals surface area contributed by atoms with Gasteiger partial charge in [-0.1, -0.05) is 18.1 Å². The first kappa shape index (κ1) is 52.3. The number of amides is 11. The lowest BCUT2D eigenvalue weighted by atomic mass is 9.85. The molecule has 2 unspecified atom stereocenters. The van der Waals surface area contributed by atoms with Gasteiger partial charge < -0.3 is 44.7 Å². The number of carbonyl (C=O) groups excluding carboxylic acids is 10. The van der Waals surface area contributed by atoms with Crippen molar-refractivity contribution in [3.63, 3.8) is 0 Å². The number of phenols is 1. The lowest BCUT2D eigenvalue weighted by Gasteiger charge is -2.34. The van der Waals surface area contributed by atoms with Crippen molar-refractivity contribution >= 4 is 92.8 Å². The number of phenolic OH excluding ortho intramolecular Hbond substituents is 1. The van der Waals surface area contributed by atoms with E-state index in [2.05, 4.69) is 60.4 Å². The van der Waals surface area contributed by atoms with Crippen LogP contribution >= 0.6 is 22.6 Å². The third-order valence-corrected chi connectivity index (χ3v) is 17.4. The Morgan fingerprint density at radius 1 is 0.658 bits per heavy atom. The second kappa shape index (κ2) is 19.3. The van der Waals surface area contributed by atoms with Crippen LogP contribution in [-0.4, -0.2) is 115 Å². The highest BCUT2D eigenvalue weighted by molar-refractivity contribution is 14.1. The van der Waals surface area contributed by atoms with Crippen molar-refractivity contribution in [2.24, 2.45) is 5.41 Å². The van der Waals surface area contributed by atoms with Crippen molar-refractivity contribution in [3.05, 3.63) is 121 Å². The van der Waals surface area contributed by atoms with Gasteiger partial charge in [0.2, 0.25) is 17.7 Å². The van der Waals surface area contributed by atoms with Crippen molar-refractivity contribution < 1.29 is 66.9 Å². The van der Waals surface area contributed by atoms with E-state index < -0.39 is 57.7 Å². The number of methoxy groups -OCH3 is 2. The molecule has 7 N–H and O–H groups in total. The van der Waals surface area contributed by atoms with Crippen LogP contribution in [0.2, 0.25) is 0 Å². The summed E-state index contributed by atoms with van der Waals surface area (Å²) in [5, 5.41) is 25.4. The van der Waals surface area contributed by atoms with Gasteiger partial charge in [0, 0.05) is 36.1 Å². The summed E-state index contributed by atoms with van der Waals surface area (Å²) in [5.41, 5.74) is 1.74. The Bertz CT molecular complexity index is 3660. The molecule has 0 bridgehead atoms. The highest BCUT2D eigenvalue weighted by Gasteiger charge is 2.56. The molecule has 23 heteroatoms. The number of hydrogen-bond donors (Lipinski definition) is 7. The molecule has 4 saturated heterocycles. The van der Waals surface area contributed by atoms with E-state index in [-0.39, 0.29) is 60.9 Å². The smallest absolute Gasteiger partial charge is 0.322 e. The molecule has 1 aromatic heterocycles. The number of terminal acetylenes is 1. The quantitative estimate of drug-likeness (QED) is 0.0406. The minimum absolute atomic E-state index is 0.0309. The van der Waals surface area contributed by atoms with Gasteiger partial charge in [-0.3, -0.25) is 54.3 Å². The average Bonchev–Trinajstić information content (AvgIpc) is 4.35. The van der Waals surface area contributed by atoms with E-state index >= 15 is 0 Å². The summed E-state index contributed by atoms with van der Waals surface area (Å²) in [6.07, 6.45) is 8.78. The zero-order valence-electron chi connectivity index (χ0n) is 42.4. The number of imide groups is 3. The molecule has 404 valence electrons. The van der Waals surface area contributed by atoms with Crippen LogP contribution in [0.1, 0.15) is 85.5 Å². The molecule has 7 heterocycles. The number of nitrogens with one attached hydrogen (secondary N) is 6. The largest absolute Gasteiger partial charge is 0.507 e. The van der Waals surface area contributed by atoms with Crippen molar-refractivity contribution in [1.82, 2.24) is 41.7 Å². The highest BCUT2D eigenvalue weighted by Crippen LogP contribution is 2.46. The molecule has 8 aliphatic rings. The zero-order valence-corrected chi connectivity index (χ0v) is 44.6. The molecule has 0 radical (unpaired) electrons. The number of ether oxygens (including phenoxy) is 2. The summed E-state index contributed by atoms with van der Waals surface area (Å²) in [6.45, 7) is 0.686. The number of benzene rings is 4. The van der Waals surface area contributed by atoms with Gasteiger partial charge >= 0.3 is 12.1 Å². The third kappa shape index (κ3) is 8.46. The van der Waals surface area contributed by atoms with Gasteiger partial charge in [0.15, 0.2) is 11.3 Å². The van der Waals surface area contributed by atoms with E-state index in [4.69, 9.17) is 20.3 Å². The number of aromatic hydroxyl groups is 1. The van der Waals surface area contributed by atoms with Crippen molar-refractivity contribution in [1.29, 1.82) is 0 Å². The first-order chi connectivity index (χ1) is 37.8. The van der Waals surface area contributed by atoms with E-state index in [1.807, 2.05) is 12.1 Å². The Morgan fingerprint density at radius 3 is 1.81 bits per heavy atom. The Kier molecular flexibility index (Phi) is 12.8. The number of halogens is 1. The van der Waals surface area contributed by atoms with Crippen molar-refractivity contribution in [3.8, 4) is 29.6 Å². The fourth-order valence-corrected chi connectivity index (χ4v) is 12.8. The highest BCUT2D eigenvalue weighted by atomic mass is 127. The predicted octanol–water partition coefficient (Wildman–Crippen LogP) is 2.74. The van der Waals surface area contributed by atoms with Gasteiger partial charge in [0.1, 0.15) is 45.1 Å². The van der Waals surface area contributed by atoms with Gasteiger partial charge in [-0.15, -0.1) is 6.42 Å². The summed E-state index contributed by atoms with van der Waals surface area (Å²) in [5.74, 6) is 1.53. The van der Waals surface area contributed by atoms with E-state index in [0.717, 1.165) is 31.4 Å². The normalized spacial score (nSPS) is 25.0. The Hall–Kier alpha value is -8.79. The molecule has 79 heavy (non-hydrogen) atoms. The Labute approximate surface area is 463 Å². The maximum Gasteiger partial charge on any atom is 0.322 e. The Morgan fingerprint density at radius 2 is 1.25 bits per heavy atom. The van der Waals surface area contributed by atoms with Crippen LogP contribution in [0.3, 0.4) is 0 Å². The van der Waals surface area contributed by atoms with E-state index in [1.165, 1.54) is 4.90 Å².